The number of hydrogen-bond donors (Lipinski definition) is 0. The summed E-state index contributed by atoms with van der Waals surface area (Å²) in [6, 6.07) is 14.9. The Hall–Kier alpha value is -3.59. The molecule has 0 bridgehead atoms. The van der Waals surface area contributed by atoms with E-state index in [0.29, 0.717) is 29.0 Å². The van der Waals surface area contributed by atoms with Gasteiger partial charge in [-0.25, -0.2) is 9.59 Å². The van der Waals surface area contributed by atoms with Crippen LogP contribution in [-0.4, -0.2) is 23.1 Å². The monoisotopic (exact) mass is 407 g/mol. The van der Waals surface area contributed by atoms with Gasteiger partial charge in [-0.3, -0.25) is 0 Å². The summed E-state index contributed by atoms with van der Waals surface area (Å²) in [6.07, 6.45) is 1.58. The first-order chi connectivity index (χ1) is 14.0. The van der Waals surface area contributed by atoms with E-state index in [1.807, 2.05) is 33.8 Å². The highest BCUT2D eigenvalue weighted by molar-refractivity contribution is 5.91. The third-order valence-corrected chi connectivity index (χ3v) is 4.07. The van der Waals surface area contributed by atoms with Gasteiger partial charge in [-0.2, -0.15) is 5.26 Å². The van der Waals surface area contributed by atoms with Crippen LogP contribution >= 0.6 is 0 Å². The van der Waals surface area contributed by atoms with Crippen molar-refractivity contribution < 1.29 is 23.8 Å². The van der Waals surface area contributed by atoms with E-state index in [1.165, 1.54) is 0 Å². The van der Waals surface area contributed by atoms with Crippen molar-refractivity contribution in [2.24, 2.45) is 0 Å². The minimum Gasteiger partial charge on any atom is -0.488 e. The highest BCUT2D eigenvalue weighted by atomic mass is 16.6. The lowest BCUT2D eigenvalue weighted by Crippen LogP contribution is -2.40. The molecule has 0 radical (unpaired) electrons. The average Bonchev–Trinajstić information content (AvgIpc) is 2.67. The molecule has 0 saturated heterocycles. The van der Waals surface area contributed by atoms with Crippen LogP contribution < -0.4 is 9.47 Å². The van der Waals surface area contributed by atoms with Crippen LogP contribution in [0.1, 0.15) is 50.0 Å². The summed E-state index contributed by atoms with van der Waals surface area (Å²) in [7, 11) is 0. The van der Waals surface area contributed by atoms with Gasteiger partial charge in [0.2, 0.25) is 0 Å². The Kier molecular flexibility index (Phi) is 7.01. The Morgan fingerprint density at radius 1 is 0.967 bits per heavy atom. The van der Waals surface area contributed by atoms with Crippen LogP contribution in [0.5, 0.6) is 11.5 Å². The fourth-order valence-electron chi connectivity index (χ4n) is 3.15. The van der Waals surface area contributed by atoms with Gasteiger partial charge in [-0.05, 0) is 76.2 Å². The fourth-order valence-corrected chi connectivity index (χ4v) is 3.15. The van der Waals surface area contributed by atoms with Crippen LogP contribution in [0.3, 0.4) is 0 Å². The van der Waals surface area contributed by atoms with E-state index in [9.17, 15) is 9.59 Å². The van der Waals surface area contributed by atoms with Gasteiger partial charge in [-0.15, -0.1) is 0 Å². The highest BCUT2D eigenvalue weighted by Crippen LogP contribution is 2.29. The Morgan fingerprint density at radius 2 is 1.53 bits per heavy atom. The number of esters is 2. The van der Waals surface area contributed by atoms with Crippen LogP contribution in [0.25, 0.3) is 0 Å². The van der Waals surface area contributed by atoms with Gasteiger partial charge in [0, 0.05) is 12.5 Å². The number of nitrogens with zero attached hydrogens (tertiary/aromatic N) is 1. The van der Waals surface area contributed by atoms with Crippen LogP contribution in [0.15, 0.2) is 61.2 Å². The summed E-state index contributed by atoms with van der Waals surface area (Å²) in [6.45, 7) is 10.8. The number of carbonyl (C=O) groups excluding carboxylic acids is 2. The molecule has 0 N–H and O–H groups in total. The standard InChI is InChI=1S/C24H25NO5/c1-6-21(26)30-24(4,5)16-23(2,3)29-20-13-9-18(10-14-20)22(27)28-19-11-7-17(15-25)8-12-19/h6-14H,1,16H2,2-5H3. The number of ether oxygens (including phenoxy) is 3. The van der Waals surface area contributed by atoms with E-state index in [1.54, 1.807) is 48.5 Å². The van der Waals surface area contributed by atoms with Crippen molar-refractivity contribution in [2.75, 3.05) is 0 Å². The van der Waals surface area contributed by atoms with E-state index < -0.39 is 23.1 Å². The maximum Gasteiger partial charge on any atom is 0.343 e. The molecule has 0 fully saturated rings. The summed E-state index contributed by atoms with van der Waals surface area (Å²) in [4.78, 5) is 23.8. The smallest absolute Gasteiger partial charge is 0.343 e. The fraction of sp³-hybridized carbons (Fsp3) is 0.292. The number of benzene rings is 2. The summed E-state index contributed by atoms with van der Waals surface area (Å²) in [5.74, 6) is -0.0681. The molecule has 30 heavy (non-hydrogen) atoms. The second-order valence-electron chi connectivity index (χ2n) is 7.97. The van der Waals surface area contributed by atoms with Gasteiger partial charge < -0.3 is 14.2 Å². The molecule has 0 atom stereocenters. The third-order valence-electron chi connectivity index (χ3n) is 4.07. The predicted molar refractivity (Wildman–Crippen MR) is 112 cm³/mol. The lowest BCUT2D eigenvalue weighted by molar-refractivity contribution is -0.154. The van der Waals surface area contributed by atoms with E-state index in [2.05, 4.69) is 6.58 Å². The second kappa shape index (κ2) is 9.27. The van der Waals surface area contributed by atoms with Crippen molar-refractivity contribution >= 4 is 11.9 Å². The molecule has 0 saturated carbocycles. The first-order valence-corrected chi connectivity index (χ1v) is 9.40. The number of hydrogen-bond acceptors (Lipinski definition) is 6. The summed E-state index contributed by atoms with van der Waals surface area (Å²) in [5, 5.41) is 8.81. The largest absolute Gasteiger partial charge is 0.488 e. The second-order valence-corrected chi connectivity index (χ2v) is 7.97. The van der Waals surface area contributed by atoms with E-state index in [-0.39, 0.29) is 0 Å². The minimum atomic E-state index is -0.736. The Labute approximate surface area is 176 Å². The third kappa shape index (κ3) is 6.78. The topological polar surface area (TPSA) is 85.6 Å². The van der Waals surface area contributed by atoms with E-state index >= 15 is 0 Å². The van der Waals surface area contributed by atoms with Crippen molar-refractivity contribution in [1.82, 2.24) is 0 Å². The molecule has 2 rings (SSSR count). The lowest BCUT2D eigenvalue weighted by atomic mass is 9.92. The molecule has 6 heteroatoms. The number of nitriles is 1. The maximum absolute atomic E-state index is 12.3. The van der Waals surface area contributed by atoms with Gasteiger partial charge >= 0.3 is 11.9 Å². The summed E-state index contributed by atoms with van der Waals surface area (Å²) < 4.78 is 16.7. The Bertz CT molecular complexity index is 951. The molecule has 0 aliphatic rings. The van der Waals surface area contributed by atoms with Crippen molar-refractivity contribution in [3.05, 3.63) is 72.3 Å². The van der Waals surface area contributed by atoms with Gasteiger partial charge in [0.25, 0.3) is 0 Å². The number of rotatable bonds is 8. The van der Waals surface area contributed by atoms with Crippen molar-refractivity contribution in [3.63, 3.8) is 0 Å². The quantitative estimate of drug-likeness (QED) is 0.354. The van der Waals surface area contributed by atoms with Crippen molar-refractivity contribution in [1.29, 1.82) is 5.26 Å². The molecular weight excluding hydrogens is 382 g/mol. The molecule has 0 heterocycles. The SMILES string of the molecule is C=CC(=O)OC(C)(C)CC(C)(C)Oc1ccc(C(=O)Oc2ccc(C#N)cc2)cc1. The zero-order chi connectivity index (χ0) is 22.4. The molecule has 156 valence electrons. The molecule has 0 aromatic heterocycles. The van der Waals surface area contributed by atoms with Crippen LogP contribution in [0.2, 0.25) is 0 Å². The average molecular weight is 407 g/mol. The van der Waals surface area contributed by atoms with Crippen molar-refractivity contribution in [2.45, 2.75) is 45.3 Å². The van der Waals surface area contributed by atoms with Gasteiger partial charge in [0.1, 0.15) is 22.7 Å². The normalized spacial score (nSPS) is 11.2. The van der Waals surface area contributed by atoms with Crippen LogP contribution in [0.4, 0.5) is 0 Å². The summed E-state index contributed by atoms with van der Waals surface area (Å²) >= 11 is 0. The number of carbonyl (C=O) groups is 2. The first-order valence-electron chi connectivity index (χ1n) is 9.40. The molecule has 0 aliphatic heterocycles. The zero-order valence-corrected chi connectivity index (χ0v) is 17.6. The van der Waals surface area contributed by atoms with E-state index in [0.717, 1.165) is 6.08 Å². The lowest BCUT2D eigenvalue weighted by Gasteiger charge is -2.34. The first kappa shape index (κ1) is 22.7. The van der Waals surface area contributed by atoms with Crippen molar-refractivity contribution in [3.8, 4) is 17.6 Å². The molecule has 6 nitrogen and oxygen atoms in total. The molecule has 2 aromatic carbocycles. The summed E-state index contributed by atoms with van der Waals surface area (Å²) in [5.41, 5.74) is -0.513. The van der Waals surface area contributed by atoms with Crippen LogP contribution in [-0.2, 0) is 9.53 Å². The molecule has 0 amide bonds. The zero-order valence-electron chi connectivity index (χ0n) is 17.6. The molecule has 0 unspecified atom stereocenters. The molecular formula is C24H25NO5. The maximum atomic E-state index is 12.3. The highest BCUT2D eigenvalue weighted by Gasteiger charge is 2.33. The van der Waals surface area contributed by atoms with Gasteiger partial charge in [0.15, 0.2) is 0 Å². The Morgan fingerprint density at radius 3 is 2.07 bits per heavy atom. The predicted octanol–water partition coefficient (Wildman–Crippen LogP) is 4.83. The molecule has 0 spiro atoms. The Balaban J connectivity index is 2.00. The molecule has 2 aromatic rings. The molecule has 0 aliphatic carbocycles. The van der Waals surface area contributed by atoms with Gasteiger partial charge in [-0.1, -0.05) is 6.58 Å². The van der Waals surface area contributed by atoms with E-state index in [4.69, 9.17) is 19.5 Å². The van der Waals surface area contributed by atoms with Gasteiger partial charge in [0.05, 0.1) is 17.2 Å². The van der Waals surface area contributed by atoms with Crippen LogP contribution in [0, 0.1) is 11.3 Å². The minimum absolute atomic E-state index is 0.358.